The van der Waals surface area contributed by atoms with Gasteiger partial charge in [0.15, 0.2) is 0 Å². The maximum absolute atomic E-state index is 12.0. The second-order valence-corrected chi connectivity index (χ2v) is 7.38. The Morgan fingerprint density at radius 2 is 1.89 bits per heavy atom. The van der Waals surface area contributed by atoms with Gasteiger partial charge in [-0.3, -0.25) is 0 Å². The number of nitrogens with one attached hydrogen (secondary N) is 1. The van der Waals surface area contributed by atoms with Crippen molar-refractivity contribution >= 4 is 21.4 Å². The molecule has 0 aliphatic heterocycles. The first-order chi connectivity index (χ1) is 9.10. The van der Waals surface area contributed by atoms with Crippen molar-refractivity contribution in [3.8, 4) is 0 Å². The number of thiophene rings is 1. The first-order valence-corrected chi connectivity index (χ1v) is 9.23. The summed E-state index contributed by atoms with van der Waals surface area (Å²) in [5.41, 5.74) is 5.48. The second kappa shape index (κ2) is 8.68. The number of sulfonamides is 1. The Morgan fingerprint density at radius 1 is 1.21 bits per heavy atom. The van der Waals surface area contributed by atoms with Crippen LogP contribution in [0.25, 0.3) is 0 Å². The van der Waals surface area contributed by atoms with Crippen molar-refractivity contribution in [1.82, 2.24) is 4.72 Å². The van der Waals surface area contributed by atoms with Gasteiger partial charge in [0, 0.05) is 23.3 Å². The van der Waals surface area contributed by atoms with E-state index in [1.54, 1.807) is 11.4 Å². The minimum Gasteiger partial charge on any atom is -0.326 e. The van der Waals surface area contributed by atoms with Crippen molar-refractivity contribution in [2.24, 2.45) is 5.73 Å². The van der Waals surface area contributed by atoms with Gasteiger partial charge in [0.1, 0.15) is 0 Å². The quantitative estimate of drug-likeness (QED) is 0.653. The molecule has 1 aromatic heterocycles. The van der Waals surface area contributed by atoms with Crippen molar-refractivity contribution in [2.75, 3.05) is 6.54 Å². The van der Waals surface area contributed by atoms with E-state index in [1.165, 1.54) is 37.0 Å². The molecule has 0 radical (unpaired) electrons. The van der Waals surface area contributed by atoms with Crippen LogP contribution in [0.2, 0.25) is 0 Å². The van der Waals surface area contributed by atoms with Gasteiger partial charge in [-0.15, -0.1) is 11.3 Å². The first-order valence-electron chi connectivity index (χ1n) is 6.87. The highest BCUT2D eigenvalue weighted by molar-refractivity contribution is 7.89. The molecule has 6 heteroatoms. The normalized spacial score (nSPS) is 11.9. The molecule has 0 saturated heterocycles. The van der Waals surface area contributed by atoms with Gasteiger partial charge in [0.05, 0.1) is 4.90 Å². The molecule has 0 aliphatic carbocycles. The van der Waals surface area contributed by atoms with Crippen LogP contribution in [0.5, 0.6) is 0 Å². The molecular formula is C13H24N2O2S2. The minimum absolute atomic E-state index is 0.337. The van der Waals surface area contributed by atoms with Crippen molar-refractivity contribution in [3.05, 3.63) is 16.3 Å². The fourth-order valence-electron chi connectivity index (χ4n) is 1.80. The smallest absolute Gasteiger partial charge is 0.241 e. The van der Waals surface area contributed by atoms with Gasteiger partial charge in [0.2, 0.25) is 10.0 Å². The SMILES string of the molecule is CCCCCCCCNS(=O)(=O)c1csc(CN)c1. The lowest BCUT2D eigenvalue weighted by Gasteiger charge is -2.04. The van der Waals surface area contributed by atoms with Crippen LogP contribution in [0, 0.1) is 0 Å². The number of nitrogens with two attached hydrogens (primary N) is 1. The number of hydrogen-bond donors (Lipinski definition) is 2. The number of rotatable bonds is 10. The Morgan fingerprint density at radius 3 is 2.53 bits per heavy atom. The summed E-state index contributed by atoms with van der Waals surface area (Å²) in [6, 6.07) is 1.65. The topological polar surface area (TPSA) is 72.2 Å². The molecule has 0 aliphatic rings. The van der Waals surface area contributed by atoms with Crippen LogP contribution in [0.15, 0.2) is 16.3 Å². The fraction of sp³-hybridized carbons (Fsp3) is 0.692. The molecule has 0 spiro atoms. The molecule has 0 fully saturated rings. The van der Waals surface area contributed by atoms with Gasteiger partial charge < -0.3 is 5.73 Å². The van der Waals surface area contributed by atoms with Crippen LogP contribution < -0.4 is 10.5 Å². The van der Waals surface area contributed by atoms with E-state index in [0.717, 1.165) is 17.7 Å². The monoisotopic (exact) mass is 304 g/mol. The van der Waals surface area contributed by atoms with E-state index in [-0.39, 0.29) is 0 Å². The third kappa shape index (κ3) is 6.03. The Kier molecular flexibility index (Phi) is 7.60. The van der Waals surface area contributed by atoms with E-state index < -0.39 is 10.0 Å². The van der Waals surface area contributed by atoms with E-state index in [2.05, 4.69) is 11.6 Å². The number of unbranched alkanes of at least 4 members (excludes halogenated alkanes) is 5. The molecule has 1 aromatic rings. The average molecular weight is 304 g/mol. The molecule has 1 rings (SSSR count). The molecule has 0 aromatic carbocycles. The highest BCUT2D eigenvalue weighted by Gasteiger charge is 2.14. The average Bonchev–Trinajstić information content (AvgIpc) is 2.87. The van der Waals surface area contributed by atoms with Crippen molar-refractivity contribution in [1.29, 1.82) is 0 Å². The summed E-state index contributed by atoms with van der Waals surface area (Å²) in [5, 5.41) is 1.64. The van der Waals surface area contributed by atoms with Crippen LogP contribution in [0.3, 0.4) is 0 Å². The molecule has 0 atom stereocenters. The third-order valence-electron chi connectivity index (χ3n) is 2.96. The zero-order valence-corrected chi connectivity index (χ0v) is 13.2. The van der Waals surface area contributed by atoms with E-state index in [1.807, 2.05) is 0 Å². The van der Waals surface area contributed by atoms with Gasteiger partial charge >= 0.3 is 0 Å². The first kappa shape index (κ1) is 16.6. The maximum Gasteiger partial charge on any atom is 0.241 e. The molecule has 3 N–H and O–H groups in total. The molecule has 110 valence electrons. The zero-order valence-electron chi connectivity index (χ0n) is 11.5. The third-order valence-corrected chi connectivity index (χ3v) is 5.51. The molecule has 0 bridgehead atoms. The Labute approximate surface area is 120 Å². The van der Waals surface area contributed by atoms with Gasteiger partial charge in [-0.05, 0) is 12.5 Å². The largest absolute Gasteiger partial charge is 0.326 e. The van der Waals surface area contributed by atoms with E-state index in [0.29, 0.717) is 18.0 Å². The summed E-state index contributed by atoms with van der Waals surface area (Å²) < 4.78 is 26.5. The standard InChI is InChI=1S/C13H24N2O2S2/c1-2-3-4-5-6-7-8-15-19(16,17)13-9-12(10-14)18-11-13/h9,11,15H,2-8,10,14H2,1H3. The van der Waals surface area contributed by atoms with E-state index in [9.17, 15) is 8.42 Å². The lowest BCUT2D eigenvalue weighted by atomic mass is 10.1. The summed E-state index contributed by atoms with van der Waals surface area (Å²) in [6.45, 7) is 3.09. The van der Waals surface area contributed by atoms with Crippen LogP contribution in [0.1, 0.15) is 50.3 Å². The van der Waals surface area contributed by atoms with Gasteiger partial charge in [-0.2, -0.15) is 0 Å². The van der Waals surface area contributed by atoms with E-state index >= 15 is 0 Å². The molecule has 4 nitrogen and oxygen atoms in total. The fourth-order valence-corrected chi connectivity index (χ4v) is 4.03. The minimum atomic E-state index is -3.34. The Balaban J connectivity index is 2.27. The molecule has 1 heterocycles. The summed E-state index contributed by atoms with van der Waals surface area (Å²) in [7, 11) is -3.34. The summed E-state index contributed by atoms with van der Waals surface area (Å²) in [4.78, 5) is 1.23. The highest BCUT2D eigenvalue weighted by Crippen LogP contribution is 2.18. The van der Waals surface area contributed by atoms with E-state index in [4.69, 9.17) is 5.73 Å². The van der Waals surface area contributed by atoms with Crippen LogP contribution in [-0.4, -0.2) is 15.0 Å². The Bertz CT molecular complexity index is 455. The summed E-state index contributed by atoms with van der Waals surface area (Å²) in [5.74, 6) is 0. The summed E-state index contributed by atoms with van der Waals surface area (Å²) >= 11 is 1.39. The predicted molar refractivity (Wildman–Crippen MR) is 80.8 cm³/mol. The molecule has 0 unspecified atom stereocenters. The van der Waals surface area contributed by atoms with Crippen molar-refractivity contribution in [3.63, 3.8) is 0 Å². The van der Waals surface area contributed by atoms with Gasteiger partial charge in [-0.25, -0.2) is 13.1 Å². The van der Waals surface area contributed by atoms with Crippen LogP contribution in [0.4, 0.5) is 0 Å². The predicted octanol–water partition coefficient (Wildman–Crippen LogP) is 2.85. The molecule has 19 heavy (non-hydrogen) atoms. The highest BCUT2D eigenvalue weighted by atomic mass is 32.2. The van der Waals surface area contributed by atoms with Crippen LogP contribution >= 0.6 is 11.3 Å². The molecule has 0 saturated carbocycles. The lowest BCUT2D eigenvalue weighted by Crippen LogP contribution is -2.24. The molecule has 0 amide bonds. The van der Waals surface area contributed by atoms with Crippen molar-refractivity contribution < 1.29 is 8.42 Å². The number of hydrogen-bond acceptors (Lipinski definition) is 4. The lowest BCUT2D eigenvalue weighted by molar-refractivity contribution is 0.568. The Hall–Kier alpha value is -0.430. The van der Waals surface area contributed by atoms with Crippen LogP contribution in [-0.2, 0) is 16.6 Å². The summed E-state index contributed by atoms with van der Waals surface area (Å²) in [6.07, 6.45) is 6.91. The maximum atomic E-state index is 12.0. The molecular weight excluding hydrogens is 280 g/mol. The zero-order chi connectivity index (χ0) is 14.1. The van der Waals surface area contributed by atoms with Crippen molar-refractivity contribution in [2.45, 2.75) is 56.9 Å². The van der Waals surface area contributed by atoms with Gasteiger partial charge in [0.25, 0.3) is 0 Å². The second-order valence-electron chi connectivity index (χ2n) is 4.62. The van der Waals surface area contributed by atoms with Gasteiger partial charge in [-0.1, -0.05) is 39.0 Å².